The monoisotopic (exact) mass is 483 g/mol. The molecule has 9 heteroatoms. The van der Waals surface area contributed by atoms with Crippen LogP contribution in [0.15, 0.2) is 88.9 Å². The van der Waals surface area contributed by atoms with Crippen LogP contribution in [0.2, 0.25) is 0 Å². The Labute approximate surface area is 194 Å². The van der Waals surface area contributed by atoms with Crippen molar-refractivity contribution in [1.82, 2.24) is 4.41 Å². The summed E-state index contributed by atoms with van der Waals surface area (Å²) >= 11 is 0. The first-order valence-electron chi connectivity index (χ1n) is 10.5. The highest BCUT2D eigenvalue weighted by Crippen LogP contribution is 2.38. The highest BCUT2D eigenvalue weighted by atomic mass is 32.2. The fraction of sp³-hybridized carbons (Fsp3) is 0.208. The number of aryl methyl sites for hydroxylation is 1. The normalized spacial score (nSPS) is 16.5. The van der Waals surface area contributed by atoms with Gasteiger partial charge in [-0.05, 0) is 54.8 Å². The van der Waals surface area contributed by atoms with Crippen LogP contribution < -0.4 is 4.72 Å². The third kappa shape index (κ3) is 4.79. The second kappa shape index (κ2) is 8.99. The molecule has 0 aliphatic carbocycles. The van der Waals surface area contributed by atoms with Crippen LogP contribution in [0.5, 0.6) is 0 Å². The van der Waals surface area contributed by atoms with Gasteiger partial charge in [0, 0.05) is 12.1 Å². The van der Waals surface area contributed by atoms with Crippen molar-refractivity contribution in [2.45, 2.75) is 31.2 Å². The second-order valence-corrected chi connectivity index (χ2v) is 11.6. The predicted octanol–water partition coefficient (Wildman–Crippen LogP) is 4.30. The Morgan fingerprint density at radius 2 is 1.55 bits per heavy atom. The van der Waals surface area contributed by atoms with E-state index < -0.39 is 26.1 Å². The van der Waals surface area contributed by atoms with Gasteiger partial charge in [-0.15, -0.1) is 0 Å². The third-order valence-corrected chi connectivity index (χ3v) is 8.58. The molecule has 0 spiro atoms. The molecule has 0 radical (unpaired) electrons. The smallest absolute Gasteiger partial charge is 0.279 e. The van der Waals surface area contributed by atoms with E-state index in [4.69, 9.17) is 0 Å². The number of hydrogen-bond donors (Lipinski definition) is 1. The Bertz CT molecular complexity index is 1390. The van der Waals surface area contributed by atoms with Crippen molar-refractivity contribution in [2.24, 2.45) is 5.10 Å². The number of anilines is 1. The zero-order chi connectivity index (χ0) is 23.6. The number of sulfonamides is 2. The molecule has 7 nitrogen and oxygen atoms in total. The molecule has 0 saturated carbocycles. The van der Waals surface area contributed by atoms with Crippen molar-refractivity contribution >= 4 is 31.4 Å². The minimum absolute atomic E-state index is 0.0220. The molecule has 1 aliphatic rings. The third-order valence-electron chi connectivity index (χ3n) is 5.58. The number of benzene rings is 3. The van der Waals surface area contributed by atoms with Crippen LogP contribution in [-0.2, 0) is 20.0 Å². The lowest BCUT2D eigenvalue weighted by Gasteiger charge is -2.24. The summed E-state index contributed by atoms with van der Waals surface area (Å²) in [5.41, 5.74) is 3.68. The maximum atomic E-state index is 13.5. The highest BCUT2D eigenvalue weighted by molar-refractivity contribution is 7.92. The van der Waals surface area contributed by atoms with Crippen LogP contribution in [0.3, 0.4) is 0 Å². The predicted molar refractivity (Wildman–Crippen MR) is 130 cm³/mol. The lowest BCUT2D eigenvalue weighted by molar-refractivity contribution is 0.370. The van der Waals surface area contributed by atoms with E-state index in [2.05, 4.69) is 9.82 Å². The fourth-order valence-corrected chi connectivity index (χ4v) is 5.85. The van der Waals surface area contributed by atoms with Crippen molar-refractivity contribution in [3.63, 3.8) is 0 Å². The van der Waals surface area contributed by atoms with Gasteiger partial charge in [0.15, 0.2) is 0 Å². The largest absolute Gasteiger partial charge is 0.284 e. The number of rotatable bonds is 7. The van der Waals surface area contributed by atoms with Crippen LogP contribution in [0, 0.1) is 6.92 Å². The molecule has 0 fully saturated rings. The Balaban J connectivity index is 1.73. The SMILES string of the molecule is CCS(=O)(=O)Nc1ccc(C2=NN(S(=O)(=O)c3ccccc3)[C@@H](c3ccccc3C)C2)cc1. The number of hydrogen-bond acceptors (Lipinski definition) is 5. The van der Waals surface area contributed by atoms with E-state index >= 15 is 0 Å². The topological polar surface area (TPSA) is 95.9 Å². The van der Waals surface area contributed by atoms with Crippen LogP contribution >= 0.6 is 0 Å². The van der Waals surface area contributed by atoms with E-state index in [1.807, 2.05) is 31.2 Å². The maximum Gasteiger partial charge on any atom is 0.279 e. The molecule has 0 unspecified atom stereocenters. The summed E-state index contributed by atoms with van der Waals surface area (Å²) in [6.45, 7) is 3.52. The van der Waals surface area contributed by atoms with Gasteiger partial charge in [0.1, 0.15) is 0 Å². The minimum atomic E-state index is -3.88. The van der Waals surface area contributed by atoms with E-state index in [9.17, 15) is 16.8 Å². The number of nitrogens with zero attached hydrogens (tertiary/aromatic N) is 2. The van der Waals surface area contributed by atoms with Crippen LogP contribution in [0.4, 0.5) is 5.69 Å². The Morgan fingerprint density at radius 1 is 0.909 bits per heavy atom. The van der Waals surface area contributed by atoms with Gasteiger partial charge < -0.3 is 0 Å². The summed E-state index contributed by atoms with van der Waals surface area (Å²) in [6.07, 6.45) is 0.400. The van der Waals surface area contributed by atoms with Crippen molar-refractivity contribution < 1.29 is 16.8 Å². The molecule has 3 aromatic rings. The molecule has 0 saturated heterocycles. The lowest BCUT2D eigenvalue weighted by atomic mass is 9.96. The van der Waals surface area contributed by atoms with Crippen molar-refractivity contribution in [1.29, 1.82) is 0 Å². The minimum Gasteiger partial charge on any atom is -0.284 e. The molecule has 1 aliphatic heterocycles. The summed E-state index contributed by atoms with van der Waals surface area (Å²) in [7, 11) is -7.26. The molecule has 172 valence electrons. The maximum absolute atomic E-state index is 13.5. The molecule has 33 heavy (non-hydrogen) atoms. The van der Waals surface area contributed by atoms with E-state index in [-0.39, 0.29) is 10.6 Å². The average molecular weight is 484 g/mol. The zero-order valence-electron chi connectivity index (χ0n) is 18.3. The van der Waals surface area contributed by atoms with Crippen molar-refractivity contribution in [3.8, 4) is 0 Å². The molecule has 0 aromatic heterocycles. The quantitative estimate of drug-likeness (QED) is 0.542. The van der Waals surface area contributed by atoms with E-state index in [0.717, 1.165) is 16.7 Å². The van der Waals surface area contributed by atoms with Crippen molar-refractivity contribution in [3.05, 3.63) is 95.6 Å². The van der Waals surface area contributed by atoms with Gasteiger partial charge in [-0.25, -0.2) is 8.42 Å². The molecule has 1 N–H and O–H groups in total. The summed E-state index contributed by atoms with van der Waals surface area (Å²) in [6, 6.07) is 22.3. The Morgan fingerprint density at radius 3 is 2.18 bits per heavy atom. The van der Waals surface area contributed by atoms with Crippen LogP contribution in [0.25, 0.3) is 0 Å². The molecule has 1 atom stereocenters. The summed E-state index contributed by atoms with van der Waals surface area (Å²) in [5, 5.41) is 4.55. The first kappa shape index (κ1) is 23.0. The molecule has 4 rings (SSSR count). The standard InChI is InChI=1S/C24H25N3O4S2/c1-3-32(28,29)26-20-15-13-19(14-16-20)23-17-24(22-12-8-7-9-18(22)2)27(25-23)33(30,31)21-10-5-4-6-11-21/h4-16,24,26H,3,17H2,1-2H3/t24-/m1/s1. The van der Waals surface area contributed by atoms with Gasteiger partial charge >= 0.3 is 0 Å². The number of hydrazone groups is 1. The van der Waals surface area contributed by atoms with Gasteiger partial charge in [-0.3, -0.25) is 4.72 Å². The zero-order valence-corrected chi connectivity index (χ0v) is 20.0. The Hall–Kier alpha value is -3.17. The van der Waals surface area contributed by atoms with E-state index in [1.165, 1.54) is 4.41 Å². The average Bonchev–Trinajstić information content (AvgIpc) is 3.26. The van der Waals surface area contributed by atoms with E-state index in [0.29, 0.717) is 17.8 Å². The van der Waals surface area contributed by atoms with Gasteiger partial charge in [0.2, 0.25) is 10.0 Å². The molecular weight excluding hydrogens is 458 g/mol. The summed E-state index contributed by atoms with van der Waals surface area (Å²) in [4.78, 5) is 0.179. The number of nitrogens with one attached hydrogen (secondary N) is 1. The van der Waals surface area contributed by atoms with Gasteiger partial charge in [-0.1, -0.05) is 54.6 Å². The molecule has 1 heterocycles. The molecule has 0 amide bonds. The molecule has 3 aromatic carbocycles. The van der Waals surface area contributed by atoms with E-state index in [1.54, 1.807) is 61.5 Å². The summed E-state index contributed by atoms with van der Waals surface area (Å²) in [5.74, 6) is -0.0220. The lowest BCUT2D eigenvalue weighted by Crippen LogP contribution is -2.27. The Kier molecular flexibility index (Phi) is 6.27. The highest BCUT2D eigenvalue weighted by Gasteiger charge is 2.38. The first-order valence-corrected chi connectivity index (χ1v) is 13.6. The van der Waals surface area contributed by atoms with Crippen LogP contribution in [0.1, 0.15) is 36.1 Å². The fourth-order valence-electron chi connectivity index (χ4n) is 3.76. The molecule has 0 bridgehead atoms. The van der Waals surface area contributed by atoms with Gasteiger partial charge in [0.05, 0.1) is 22.4 Å². The van der Waals surface area contributed by atoms with Gasteiger partial charge in [-0.2, -0.15) is 17.9 Å². The second-order valence-electron chi connectivity index (χ2n) is 7.80. The molecular formula is C24H25N3O4S2. The van der Waals surface area contributed by atoms with Gasteiger partial charge in [0.25, 0.3) is 10.0 Å². The van der Waals surface area contributed by atoms with Crippen LogP contribution in [-0.4, -0.2) is 32.7 Å². The van der Waals surface area contributed by atoms with Crippen molar-refractivity contribution in [2.75, 3.05) is 10.5 Å². The summed E-state index contributed by atoms with van der Waals surface area (Å²) < 4.78 is 54.3. The first-order chi connectivity index (χ1) is 15.7.